The van der Waals surface area contributed by atoms with Gasteiger partial charge in [-0.2, -0.15) is 0 Å². The quantitative estimate of drug-likeness (QED) is 0.734. The molecule has 0 saturated carbocycles. The summed E-state index contributed by atoms with van der Waals surface area (Å²) >= 11 is 0. The number of carbonyl (C=O) groups excluding carboxylic acids is 1. The van der Waals surface area contributed by atoms with Gasteiger partial charge in [0.25, 0.3) is 0 Å². The minimum absolute atomic E-state index is 0.200. The summed E-state index contributed by atoms with van der Waals surface area (Å²) in [7, 11) is 4.67. The number of carbonyl (C=O) groups is 2. The number of carboxylic acid groups (broad SMARTS) is 1. The zero-order chi connectivity index (χ0) is 19.8. The molecule has 2 aromatic carbocycles. The molecule has 0 fully saturated rings. The average molecular weight is 371 g/mol. The van der Waals surface area contributed by atoms with Gasteiger partial charge in [-0.05, 0) is 29.7 Å². The first-order valence-corrected chi connectivity index (χ1v) is 8.69. The van der Waals surface area contributed by atoms with Crippen molar-refractivity contribution in [3.05, 3.63) is 59.7 Å². The number of rotatable bonds is 9. The number of carboxylic acids is 1. The number of nitrogens with zero attached hydrogens (tertiary/aromatic N) is 1. The molecule has 144 valence electrons. The molecule has 0 bridgehead atoms. The summed E-state index contributed by atoms with van der Waals surface area (Å²) in [6, 6.07) is 13.8. The van der Waals surface area contributed by atoms with Crippen molar-refractivity contribution in [3.63, 3.8) is 0 Å². The van der Waals surface area contributed by atoms with Crippen LogP contribution in [0.5, 0.6) is 11.5 Å². The summed E-state index contributed by atoms with van der Waals surface area (Å²) < 4.78 is 10.5. The fourth-order valence-electron chi connectivity index (χ4n) is 2.84. The summed E-state index contributed by atoms with van der Waals surface area (Å²) in [6.07, 6.45) is 0.936. The summed E-state index contributed by atoms with van der Waals surface area (Å²) in [6.45, 7) is 0. The molecule has 0 aliphatic carbocycles. The van der Waals surface area contributed by atoms with E-state index in [1.807, 2.05) is 42.5 Å². The van der Waals surface area contributed by atoms with E-state index >= 15 is 0 Å². The zero-order valence-electron chi connectivity index (χ0n) is 15.8. The molecule has 1 N–H and O–H groups in total. The Balaban J connectivity index is 2.04. The van der Waals surface area contributed by atoms with Gasteiger partial charge in [0.15, 0.2) is 0 Å². The highest BCUT2D eigenvalue weighted by atomic mass is 16.5. The van der Waals surface area contributed by atoms with Gasteiger partial charge in [0.2, 0.25) is 5.91 Å². The van der Waals surface area contributed by atoms with Crippen molar-refractivity contribution < 1.29 is 24.2 Å². The second-order valence-electron chi connectivity index (χ2n) is 6.27. The Kier molecular flexibility index (Phi) is 7.23. The van der Waals surface area contributed by atoms with Crippen molar-refractivity contribution in [3.8, 4) is 11.5 Å². The van der Waals surface area contributed by atoms with Gasteiger partial charge in [-0.1, -0.05) is 30.3 Å². The molecule has 2 aromatic rings. The van der Waals surface area contributed by atoms with Gasteiger partial charge in [-0.15, -0.1) is 0 Å². The van der Waals surface area contributed by atoms with Gasteiger partial charge in [0.05, 0.1) is 14.2 Å². The summed E-state index contributed by atoms with van der Waals surface area (Å²) in [5.74, 6) is 0.0631. The largest absolute Gasteiger partial charge is 0.497 e. The molecule has 6 heteroatoms. The molecule has 2 rings (SSSR count). The van der Waals surface area contributed by atoms with Gasteiger partial charge in [-0.25, -0.2) is 4.79 Å². The van der Waals surface area contributed by atoms with Crippen LogP contribution in [0.15, 0.2) is 48.5 Å². The monoisotopic (exact) mass is 371 g/mol. The van der Waals surface area contributed by atoms with Gasteiger partial charge in [0.1, 0.15) is 17.5 Å². The third-order valence-electron chi connectivity index (χ3n) is 4.46. The molecule has 1 amide bonds. The number of hydrogen-bond donors (Lipinski definition) is 1. The second-order valence-corrected chi connectivity index (χ2v) is 6.27. The molecule has 1 atom stereocenters. The molecule has 27 heavy (non-hydrogen) atoms. The van der Waals surface area contributed by atoms with Crippen LogP contribution < -0.4 is 9.47 Å². The van der Waals surface area contributed by atoms with Crippen LogP contribution in [0.25, 0.3) is 0 Å². The minimum Gasteiger partial charge on any atom is -0.497 e. The molecule has 6 nitrogen and oxygen atoms in total. The molecule has 0 aromatic heterocycles. The van der Waals surface area contributed by atoms with Crippen LogP contribution in [0.3, 0.4) is 0 Å². The molecule has 0 aliphatic rings. The second kappa shape index (κ2) is 9.62. The number of benzene rings is 2. The van der Waals surface area contributed by atoms with Crippen molar-refractivity contribution in [2.45, 2.75) is 25.3 Å². The molecule has 1 unspecified atom stereocenters. The van der Waals surface area contributed by atoms with E-state index in [9.17, 15) is 14.7 Å². The van der Waals surface area contributed by atoms with E-state index in [2.05, 4.69) is 0 Å². The maximum atomic E-state index is 12.6. The fraction of sp³-hybridized carbons (Fsp3) is 0.333. The standard InChI is InChI=1S/C21H25NO5/c1-22(19(21(24)25)13-15-7-5-4-6-8-15)20(23)10-9-16-11-17(26-2)14-18(12-16)27-3/h4-8,11-12,14,19H,9-10,13H2,1-3H3,(H,24,25). The Morgan fingerprint density at radius 1 is 1.00 bits per heavy atom. The number of hydrogen-bond acceptors (Lipinski definition) is 4. The highest BCUT2D eigenvalue weighted by molar-refractivity contribution is 5.83. The Labute approximate surface area is 159 Å². The van der Waals surface area contributed by atoms with Gasteiger partial charge in [-0.3, -0.25) is 4.79 Å². The summed E-state index contributed by atoms with van der Waals surface area (Å²) in [5, 5.41) is 9.55. The van der Waals surface area contributed by atoms with Gasteiger partial charge < -0.3 is 19.5 Å². The molecule has 0 radical (unpaired) electrons. The van der Waals surface area contributed by atoms with Crippen LogP contribution in [0.1, 0.15) is 17.5 Å². The maximum Gasteiger partial charge on any atom is 0.326 e. The van der Waals surface area contributed by atoms with Crippen molar-refractivity contribution in [2.24, 2.45) is 0 Å². The highest BCUT2D eigenvalue weighted by Gasteiger charge is 2.26. The van der Waals surface area contributed by atoms with Crippen LogP contribution in [-0.2, 0) is 22.4 Å². The molecule has 0 heterocycles. The van der Waals surface area contributed by atoms with Crippen molar-refractivity contribution in [2.75, 3.05) is 21.3 Å². The molecular weight excluding hydrogens is 346 g/mol. The number of aliphatic carboxylic acids is 1. The fourth-order valence-corrected chi connectivity index (χ4v) is 2.84. The normalized spacial score (nSPS) is 11.5. The highest BCUT2D eigenvalue weighted by Crippen LogP contribution is 2.23. The minimum atomic E-state index is -1.02. The van der Waals surface area contributed by atoms with Crippen LogP contribution in [0.2, 0.25) is 0 Å². The first-order valence-electron chi connectivity index (χ1n) is 8.69. The lowest BCUT2D eigenvalue weighted by atomic mass is 10.0. The molecule has 0 aliphatic heterocycles. The SMILES string of the molecule is COc1cc(CCC(=O)N(C)C(Cc2ccccc2)C(=O)O)cc(OC)c1. The number of likely N-dealkylation sites (N-methyl/N-ethyl adjacent to an activating group) is 1. The van der Waals surface area contributed by atoms with E-state index in [1.54, 1.807) is 20.3 Å². The van der Waals surface area contributed by atoms with Gasteiger partial charge >= 0.3 is 5.97 Å². The first-order chi connectivity index (χ1) is 12.9. The van der Waals surface area contributed by atoms with E-state index in [-0.39, 0.29) is 18.7 Å². The third-order valence-corrected chi connectivity index (χ3v) is 4.46. The zero-order valence-corrected chi connectivity index (χ0v) is 15.8. The van der Waals surface area contributed by atoms with E-state index in [1.165, 1.54) is 11.9 Å². The van der Waals surface area contributed by atoms with E-state index in [0.717, 1.165) is 11.1 Å². The van der Waals surface area contributed by atoms with E-state index < -0.39 is 12.0 Å². The summed E-state index contributed by atoms with van der Waals surface area (Å²) in [5.41, 5.74) is 1.77. The maximum absolute atomic E-state index is 12.6. The van der Waals surface area contributed by atoms with E-state index in [0.29, 0.717) is 17.9 Å². The number of aryl methyl sites for hydroxylation is 1. The smallest absolute Gasteiger partial charge is 0.326 e. The lowest BCUT2D eigenvalue weighted by Gasteiger charge is -2.25. The Bertz CT molecular complexity index is 753. The lowest BCUT2D eigenvalue weighted by molar-refractivity contribution is -0.149. The predicted molar refractivity (Wildman–Crippen MR) is 102 cm³/mol. The van der Waals surface area contributed by atoms with Crippen molar-refractivity contribution in [1.29, 1.82) is 0 Å². The molecule has 0 spiro atoms. The van der Waals surface area contributed by atoms with Gasteiger partial charge in [0, 0.05) is 26.0 Å². The predicted octanol–water partition coefficient (Wildman–Crippen LogP) is 2.79. The van der Waals surface area contributed by atoms with Crippen LogP contribution in [0, 0.1) is 0 Å². The Morgan fingerprint density at radius 2 is 1.59 bits per heavy atom. The topological polar surface area (TPSA) is 76.1 Å². The Hall–Kier alpha value is -3.02. The van der Waals surface area contributed by atoms with Crippen molar-refractivity contribution in [1.82, 2.24) is 4.90 Å². The lowest BCUT2D eigenvalue weighted by Crippen LogP contribution is -2.43. The number of amides is 1. The van der Waals surface area contributed by atoms with Crippen LogP contribution in [0.4, 0.5) is 0 Å². The van der Waals surface area contributed by atoms with E-state index in [4.69, 9.17) is 9.47 Å². The van der Waals surface area contributed by atoms with Crippen LogP contribution >= 0.6 is 0 Å². The Morgan fingerprint density at radius 3 is 2.11 bits per heavy atom. The van der Waals surface area contributed by atoms with Crippen LogP contribution in [-0.4, -0.2) is 49.2 Å². The third kappa shape index (κ3) is 5.74. The number of ether oxygens (including phenoxy) is 2. The molecule has 0 saturated heterocycles. The number of methoxy groups -OCH3 is 2. The summed E-state index contributed by atoms with van der Waals surface area (Å²) in [4.78, 5) is 25.5. The average Bonchev–Trinajstić information content (AvgIpc) is 2.69. The molecular formula is C21H25NO5. The van der Waals surface area contributed by atoms with Crippen molar-refractivity contribution >= 4 is 11.9 Å². The first kappa shape index (κ1) is 20.3.